The molecule has 1 atom stereocenters. The van der Waals surface area contributed by atoms with Crippen LogP contribution in [0.1, 0.15) is 40.0 Å². The van der Waals surface area contributed by atoms with E-state index >= 15 is 0 Å². The first-order chi connectivity index (χ1) is 10.6. The Hall–Kier alpha value is -0.820. The second kappa shape index (κ2) is 6.97. The zero-order valence-corrected chi connectivity index (χ0v) is 15.8. The fourth-order valence-electron chi connectivity index (χ4n) is 3.06. The smallest absolute Gasteiger partial charge is 0.410 e. The Kier molecular flexibility index (Phi) is 5.61. The van der Waals surface area contributed by atoms with Gasteiger partial charge in [0.1, 0.15) is 5.60 Å². The number of alkyl halides is 1. The van der Waals surface area contributed by atoms with Crippen LogP contribution in [0.4, 0.5) is 4.79 Å². The largest absolute Gasteiger partial charge is 0.444 e. The van der Waals surface area contributed by atoms with E-state index in [9.17, 15) is 14.7 Å². The molecule has 0 aromatic rings. The maximum Gasteiger partial charge on any atom is 0.410 e. The average molecular weight is 391 g/mol. The summed E-state index contributed by atoms with van der Waals surface area (Å²) in [5.41, 5.74) is -1.42. The van der Waals surface area contributed by atoms with E-state index in [1.165, 1.54) is 0 Å². The van der Waals surface area contributed by atoms with Crippen molar-refractivity contribution in [2.45, 2.75) is 51.2 Å². The van der Waals surface area contributed by atoms with Crippen molar-refractivity contribution < 1.29 is 19.4 Å². The lowest BCUT2D eigenvalue weighted by atomic mass is 9.91. The summed E-state index contributed by atoms with van der Waals surface area (Å²) in [4.78, 5) is 27.4. The molecule has 7 heteroatoms. The predicted octanol–water partition coefficient (Wildman–Crippen LogP) is 1.99. The van der Waals surface area contributed by atoms with Crippen molar-refractivity contribution in [1.29, 1.82) is 0 Å². The van der Waals surface area contributed by atoms with Crippen LogP contribution in [-0.2, 0) is 9.53 Å². The third kappa shape index (κ3) is 5.08. The first-order valence-corrected chi connectivity index (χ1v) is 9.28. The number of halogens is 1. The average Bonchev–Trinajstić information content (AvgIpc) is 2.77. The normalized spacial score (nSPS) is 24.9. The van der Waals surface area contributed by atoms with Gasteiger partial charge < -0.3 is 19.6 Å². The summed E-state index contributed by atoms with van der Waals surface area (Å²) in [5.74, 6) is 0.436. The van der Waals surface area contributed by atoms with Gasteiger partial charge >= 0.3 is 6.09 Å². The first kappa shape index (κ1) is 18.5. The van der Waals surface area contributed by atoms with Crippen molar-refractivity contribution in [2.75, 3.05) is 31.5 Å². The number of aliphatic hydroxyl groups is 1. The minimum absolute atomic E-state index is 0.109. The SMILES string of the molecule is CC(C)(C)OC(=O)N1CCC(O)(CN2CC(CBr)CC2=O)CC1. The molecular formula is C16H27BrN2O4. The summed E-state index contributed by atoms with van der Waals surface area (Å²) in [6.45, 7) is 7.48. The van der Waals surface area contributed by atoms with Crippen LogP contribution in [0, 0.1) is 5.92 Å². The lowest BCUT2D eigenvalue weighted by Crippen LogP contribution is -2.53. The van der Waals surface area contributed by atoms with Gasteiger partial charge in [0.15, 0.2) is 0 Å². The van der Waals surface area contributed by atoms with Crippen LogP contribution in [0.2, 0.25) is 0 Å². The van der Waals surface area contributed by atoms with E-state index in [1.807, 2.05) is 20.8 Å². The minimum atomic E-state index is -0.907. The first-order valence-electron chi connectivity index (χ1n) is 8.16. The molecule has 0 radical (unpaired) electrons. The highest BCUT2D eigenvalue weighted by atomic mass is 79.9. The van der Waals surface area contributed by atoms with Crippen LogP contribution in [0.3, 0.4) is 0 Å². The third-order valence-electron chi connectivity index (χ3n) is 4.34. The molecule has 1 unspecified atom stereocenters. The summed E-state index contributed by atoms with van der Waals surface area (Å²) in [6, 6.07) is 0. The molecule has 23 heavy (non-hydrogen) atoms. The van der Waals surface area contributed by atoms with Gasteiger partial charge in [0, 0.05) is 37.9 Å². The highest BCUT2D eigenvalue weighted by Crippen LogP contribution is 2.28. The molecule has 132 valence electrons. The lowest BCUT2D eigenvalue weighted by molar-refractivity contribution is -0.132. The zero-order chi connectivity index (χ0) is 17.3. The van der Waals surface area contributed by atoms with Gasteiger partial charge in [-0.05, 0) is 39.5 Å². The quantitative estimate of drug-likeness (QED) is 0.748. The van der Waals surface area contributed by atoms with Crippen LogP contribution in [-0.4, -0.2) is 69.6 Å². The molecule has 0 aromatic heterocycles. The van der Waals surface area contributed by atoms with Gasteiger partial charge in [0.05, 0.1) is 5.60 Å². The number of carbonyl (C=O) groups is 2. The zero-order valence-electron chi connectivity index (χ0n) is 14.2. The lowest BCUT2D eigenvalue weighted by Gasteiger charge is -2.40. The van der Waals surface area contributed by atoms with E-state index in [4.69, 9.17) is 4.74 Å². The summed E-state index contributed by atoms with van der Waals surface area (Å²) >= 11 is 3.42. The summed E-state index contributed by atoms with van der Waals surface area (Å²) in [6.07, 6.45) is 1.14. The predicted molar refractivity (Wildman–Crippen MR) is 90.5 cm³/mol. The fourth-order valence-corrected chi connectivity index (χ4v) is 3.49. The molecule has 0 bridgehead atoms. The van der Waals surface area contributed by atoms with E-state index in [1.54, 1.807) is 9.80 Å². The Labute approximate surface area is 146 Å². The Bertz CT molecular complexity index is 455. The van der Waals surface area contributed by atoms with Gasteiger partial charge in [-0.3, -0.25) is 4.79 Å². The van der Waals surface area contributed by atoms with E-state index < -0.39 is 11.2 Å². The van der Waals surface area contributed by atoms with Gasteiger partial charge in [-0.2, -0.15) is 0 Å². The molecule has 0 aromatic carbocycles. The van der Waals surface area contributed by atoms with E-state index in [0.29, 0.717) is 51.4 Å². The Balaban J connectivity index is 1.85. The molecule has 2 rings (SSSR count). The topological polar surface area (TPSA) is 70.1 Å². The maximum atomic E-state index is 12.1. The monoisotopic (exact) mass is 390 g/mol. The van der Waals surface area contributed by atoms with E-state index in [0.717, 1.165) is 5.33 Å². The van der Waals surface area contributed by atoms with Crippen molar-refractivity contribution in [3.8, 4) is 0 Å². The van der Waals surface area contributed by atoms with Crippen LogP contribution >= 0.6 is 15.9 Å². The number of hydrogen-bond acceptors (Lipinski definition) is 4. The number of rotatable bonds is 3. The Morgan fingerprint density at radius 2 is 2.00 bits per heavy atom. The third-order valence-corrected chi connectivity index (χ3v) is 5.26. The number of hydrogen-bond donors (Lipinski definition) is 1. The van der Waals surface area contributed by atoms with Crippen molar-refractivity contribution >= 4 is 27.9 Å². The highest BCUT2D eigenvalue weighted by Gasteiger charge is 2.40. The Morgan fingerprint density at radius 1 is 1.39 bits per heavy atom. The van der Waals surface area contributed by atoms with Crippen molar-refractivity contribution in [3.63, 3.8) is 0 Å². The Morgan fingerprint density at radius 3 is 2.48 bits per heavy atom. The number of β-amino-alcohol motifs (C(OH)–C–C–N with tert-alkyl or cyclic N) is 1. The molecule has 2 saturated heterocycles. The molecule has 2 heterocycles. The summed E-state index contributed by atoms with van der Waals surface area (Å²) in [7, 11) is 0. The van der Waals surface area contributed by atoms with Gasteiger partial charge in [0.25, 0.3) is 0 Å². The molecule has 2 aliphatic heterocycles. The standard InChI is InChI=1S/C16H27BrN2O4/c1-15(2,3)23-14(21)18-6-4-16(22,5-7-18)11-19-10-12(9-17)8-13(19)20/h12,22H,4-11H2,1-3H3. The highest BCUT2D eigenvalue weighted by molar-refractivity contribution is 9.09. The number of likely N-dealkylation sites (tertiary alicyclic amines) is 2. The second-order valence-electron chi connectivity index (χ2n) is 7.69. The van der Waals surface area contributed by atoms with Crippen LogP contribution in [0.25, 0.3) is 0 Å². The molecule has 0 aliphatic carbocycles. The molecule has 0 saturated carbocycles. The number of ether oxygens (including phenoxy) is 1. The van der Waals surface area contributed by atoms with E-state index in [2.05, 4.69) is 15.9 Å². The molecule has 2 fully saturated rings. The number of piperidine rings is 1. The van der Waals surface area contributed by atoms with E-state index in [-0.39, 0.29) is 12.0 Å². The second-order valence-corrected chi connectivity index (χ2v) is 8.34. The number of nitrogens with zero attached hydrogens (tertiary/aromatic N) is 2. The fraction of sp³-hybridized carbons (Fsp3) is 0.875. The van der Waals surface area contributed by atoms with Crippen molar-refractivity contribution in [1.82, 2.24) is 9.80 Å². The molecule has 6 nitrogen and oxygen atoms in total. The van der Waals surface area contributed by atoms with Crippen LogP contribution in [0.5, 0.6) is 0 Å². The van der Waals surface area contributed by atoms with Crippen molar-refractivity contribution in [3.05, 3.63) is 0 Å². The molecule has 2 aliphatic rings. The van der Waals surface area contributed by atoms with Gasteiger partial charge in [0.2, 0.25) is 5.91 Å². The molecular weight excluding hydrogens is 364 g/mol. The van der Waals surface area contributed by atoms with Gasteiger partial charge in [-0.25, -0.2) is 4.79 Å². The number of amides is 2. The summed E-state index contributed by atoms with van der Waals surface area (Å²) < 4.78 is 5.36. The molecule has 2 amide bonds. The van der Waals surface area contributed by atoms with Crippen molar-refractivity contribution in [2.24, 2.45) is 5.92 Å². The molecule has 0 spiro atoms. The molecule has 1 N–H and O–H groups in total. The maximum absolute atomic E-state index is 12.1. The van der Waals surface area contributed by atoms with Gasteiger partial charge in [-0.15, -0.1) is 0 Å². The number of carbonyl (C=O) groups excluding carboxylic acids is 2. The summed E-state index contributed by atoms with van der Waals surface area (Å²) in [5, 5.41) is 11.6. The van der Waals surface area contributed by atoms with Crippen LogP contribution < -0.4 is 0 Å². The van der Waals surface area contributed by atoms with Gasteiger partial charge in [-0.1, -0.05) is 15.9 Å². The minimum Gasteiger partial charge on any atom is -0.444 e. The van der Waals surface area contributed by atoms with Crippen LogP contribution in [0.15, 0.2) is 0 Å².